The van der Waals surface area contributed by atoms with Crippen LogP contribution in [0.4, 0.5) is 16.2 Å². The molecule has 130 valence electrons. The third kappa shape index (κ3) is 4.39. The van der Waals surface area contributed by atoms with Gasteiger partial charge in [-0.3, -0.25) is 4.68 Å². The Hall–Kier alpha value is -2.25. The fourth-order valence-electron chi connectivity index (χ4n) is 2.13. The maximum absolute atomic E-state index is 12.2. The Bertz CT molecular complexity index is 715. The molecule has 0 radical (unpaired) electrons. The highest BCUT2D eigenvalue weighted by atomic mass is 35.5. The number of nitrogens with zero attached hydrogens (tertiary/aromatic N) is 2. The second-order valence-electron chi connectivity index (χ2n) is 5.45. The lowest BCUT2D eigenvalue weighted by molar-refractivity contribution is 0.243. The first kappa shape index (κ1) is 18.1. The molecule has 0 aliphatic carbocycles. The van der Waals surface area contributed by atoms with Crippen molar-refractivity contribution in [1.29, 1.82) is 0 Å². The van der Waals surface area contributed by atoms with Gasteiger partial charge in [-0.25, -0.2) is 4.79 Å². The smallest absolute Gasteiger partial charge is 0.323 e. The van der Waals surface area contributed by atoms with E-state index in [-0.39, 0.29) is 12.7 Å². The molecule has 0 aliphatic heterocycles. The molecule has 0 bridgehead atoms. The first-order valence-corrected chi connectivity index (χ1v) is 7.96. The van der Waals surface area contributed by atoms with Crippen LogP contribution in [0.2, 0.25) is 5.02 Å². The molecule has 24 heavy (non-hydrogen) atoms. The fraction of sp³-hybridized carbons (Fsp3) is 0.375. The monoisotopic (exact) mass is 352 g/mol. The van der Waals surface area contributed by atoms with Crippen LogP contribution in [0.15, 0.2) is 24.4 Å². The minimum atomic E-state index is -0.433. The lowest BCUT2D eigenvalue weighted by Gasteiger charge is -2.16. The first-order valence-electron chi connectivity index (χ1n) is 7.58. The van der Waals surface area contributed by atoms with Crippen LogP contribution >= 0.6 is 11.6 Å². The highest BCUT2D eigenvalue weighted by Crippen LogP contribution is 2.33. The molecule has 1 heterocycles. The largest absolute Gasteiger partial charge is 0.487 e. The Labute approximate surface area is 145 Å². The summed E-state index contributed by atoms with van der Waals surface area (Å²) in [5, 5.41) is 19.0. The number of nitrogens with one attached hydrogen (secondary N) is 2. The van der Waals surface area contributed by atoms with Crippen molar-refractivity contribution in [2.24, 2.45) is 0 Å². The number of carbonyl (C=O) groups is 1. The highest BCUT2D eigenvalue weighted by molar-refractivity contribution is 6.32. The summed E-state index contributed by atoms with van der Waals surface area (Å²) < 4.78 is 7.28. The molecule has 0 unspecified atom stereocenters. The number of urea groups is 1. The quantitative estimate of drug-likeness (QED) is 0.744. The SMILES string of the molecule is Cc1c(NC(=O)Nc2cccc(Cl)c2OC(C)C)cnn1CCO. The minimum absolute atomic E-state index is 0.0213. The number of aromatic nitrogens is 2. The van der Waals surface area contributed by atoms with Crippen molar-refractivity contribution < 1.29 is 14.6 Å². The molecule has 0 aliphatic rings. The number of amides is 2. The Morgan fingerprint density at radius 1 is 1.38 bits per heavy atom. The number of para-hydroxylation sites is 1. The molecule has 0 fully saturated rings. The zero-order chi connectivity index (χ0) is 17.7. The van der Waals surface area contributed by atoms with Crippen molar-refractivity contribution in [3.05, 3.63) is 35.1 Å². The van der Waals surface area contributed by atoms with Gasteiger partial charge in [0.05, 0.1) is 47.5 Å². The zero-order valence-corrected chi connectivity index (χ0v) is 14.6. The predicted molar refractivity (Wildman–Crippen MR) is 93.9 cm³/mol. The maximum Gasteiger partial charge on any atom is 0.323 e. The number of rotatable bonds is 6. The standard InChI is InChI=1S/C16H21ClN4O3/c1-10(2)24-15-12(17)5-4-6-13(15)19-16(23)20-14-9-18-21(7-8-22)11(14)3/h4-6,9-10,22H,7-8H2,1-3H3,(H2,19,20,23). The van der Waals surface area contributed by atoms with E-state index in [9.17, 15) is 4.79 Å². The van der Waals surface area contributed by atoms with E-state index in [0.717, 1.165) is 5.69 Å². The third-order valence-electron chi connectivity index (χ3n) is 3.23. The maximum atomic E-state index is 12.2. The second-order valence-corrected chi connectivity index (χ2v) is 5.86. The first-order chi connectivity index (χ1) is 11.4. The van der Waals surface area contributed by atoms with Crippen LogP contribution in [-0.4, -0.2) is 33.6 Å². The molecule has 2 rings (SSSR count). The van der Waals surface area contributed by atoms with Crippen molar-refractivity contribution in [2.45, 2.75) is 33.4 Å². The van der Waals surface area contributed by atoms with E-state index in [2.05, 4.69) is 15.7 Å². The Balaban J connectivity index is 2.11. The molecule has 1 aromatic heterocycles. The molecule has 2 aromatic rings. The number of aliphatic hydroxyl groups excluding tert-OH is 1. The fourth-order valence-corrected chi connectivity index (χ4v) is 2.35. The number of aliphatic hydroxyl groups is 1. The number of hydrogen-bond donors (Lipinski definition) is 3. The van der Waals surface area contributed by atoms with Gasteiger partial charge in [-0.05, 0) is 32.9 Å². The van der Waals surface area contributed by atoms with Gasteiger partial charge >= 0.3 is 6.03 Å². The third-order valence-corrected chi connectivity index (χ3v) is 3.53. The van der Waals surface area contributed by atoms with Gasteiger partial charge in [0.2, 0.25) is 0 Å². The van der Waals surface area contributed by atoms with Crippen molar-refractivity contribution in [2.75, 3.05) is 17.2 Å². The van der Waals surface area contributed by atoms with Crippen LogP contribution in [0.25, 0.3) is 0 Å². The Morgan fingerprint density at radius 2 is 2.08 bits per heavy atom. The van der Waals surface area contributed by atoms with Gasteiger partial charge in [0.15, 0.2) is 5.75 Å². The van der Waals surface area contributed by atoms with E-state index >= 15 is 0 Å². The van der Waals surface area contributed by atoms with Crippen LogP contribution in [0.5, 0.6) is 5.75 Å². The molecule has 0 saturated carbocycles. The molecule has 3 N–H and O–H groups in total. The van der Waals surface area contributed by atoms with Crippen LogP contribution in [-0.2, 0) is 6.54 Å². The van der Waals surface area contributed by atoms with Crippen LogP contribution in [0, 0.1) is 6.92 Å². The van der Waals surface area contributed by atoms with Gasteiger partial charge in [-0.15, -0.1) is 0 Å². The molecule has 1 aromatic carbocycles. The molecule has 0 atom stereocenters. The van der Waals surface area contributed by atoms with Gasteiger partial charge in [0.25, 0.3) is 0 Å². The summed E-state index contributed by atoms with van der Waals surface area (Å²) in [4.78, 5) is 12.2. The topological polar surface area (TPSA) is 88.4 Å². The summed E-state index contributed by atoms with van der Waals surface area (Å²) in [6.45, 7) is 5.92. The summed E-state index contributed by atoms with van der Waals surface area (Å²) in [7, 11) is 0. The zero-order valence-electron chi connectivity index (χ0n) is 13.8. The number of carbonyl (C=O) groups excluding carboxylic acids is 1. The van der Waals surface area contributed by atoms with Gasteiger partial charge in [-0.1, -0.05) is 17.7 Å². The normalized spacial score (nSPS) is 10.8. The van der Waals surface area contributed by atoms with E-state index in [0.29, 0.717) is 28.7 Å². The van der Waals surface area contributed by atoms with Crippen LogP contribution in [0.3, 0.4) is 0 Å². The van der Waals surface area contributed by atoms with Crippen molar-refractivity contribution in [1.82, 2.24) is 9.78 Å². The van der Waals surface area contributed by atoms with Gasteiger partial charge in [0, 0.05) is 0 Å². The average molecular weight is 353 g/mol. The summed E-state index contributed by atoms with van der Waals surface area (Å²) in [5.74, 6) is 0.428. The van der Waals surface area contributed by atoms with E-state index in [1.54, 1.807) is 22.9 Å². The predicted octanol–water partition coefficient (Wildman–Crippen LogP) is 3.27. The van der Waals surface area contributed by atoms with E-state index in [1.807, 2.05) is 20.8 Å². The summed E-state index contributed by atoms with van der Waals surface area (Å²) >= 11 is 6.15. The second kappa shape index (κ2) is 8.03. The minimum Gasteiger partial charge on any atom is -0.487 e. The number of halogens is 1. The number of ether oxygens (including phenoxy) is 1. The van der Waals surface area contributed by atoms with Crippen molar-refractivity contribution in [3.63, 3.8) is 0 Å². The van der Waals surface area contributed by atoms with Crippen molar-refractivity contribution >= 4 is 29.0 Å². The summed E-state index contributed by atoms with van der Waals surface area (Å²) in [5.41, 5.74) is 1.80. The number of hydrogen-bond acceptors (Lipinski definition) is 4. The number of benzene rings is 1. The molecule has 2 amide bonds. The number of anilines is 2. The average Bonchev–Trinajstić information content (AvgIpc) is 2.84. The molecule has 7 nitrogen and oxygen atoms in total. The van der Waals surface area contributed by atoms with E-state index in [1.165, 1.54) is 6.20 Å². The van der Waals surface area contributed by atoms with Gasteiger partial charge < -0.3 is 20.5 Å². The van der Waals surface area contributed by atoms with E-state index in [4.69, 9.17) is 21.4 Å². The van der Waals surface area contributed by atoms with Crippen LogP contribution < -0.4 is 15.4 Å². The molecule has 0 saturated heterocycles. The Kier molecular flexibility index (Phi) is 6.05. The van der Waals surface area contributed by atoms with Crippen LogP contribution in [0.1, 0.15) is 19.5 Å². The molecule has 8 heteroatoms. The van der Waals surface area contributed by atoms with Gasteiger partial charge in [-0.2, -0.15) is 5.10 Å². The molecule has 0 spiro atoms. The molecular formula is C16H21ClN4O3. The molecular weight excluding hydrogens is 332 g/mol. The Morgan fingerprint density at radius 3 is 2.75 bits per heavy atom. The van der Waals surface area contributed by atoms with Crippen molar-refractivity contribution in [3.8, 4) is 5.75 Å². The van der Waals surface area contributed by atoms with Gasteiger partial charge in [0.1, 0.15) is 0 Å². The lowest BCUT2D eigenvalue weighted by Crippen LogP contribution is -2.21. The summed E-state index contributed by atoms with van der Waals surface area (Å²) in [6.07, 6.45) is 1.46. The van der Waals surface area contributed by atoms with E-state index < -0.39 is 6.03 Å². The summed E-state index contributed by atoms with van der Waals surface area (Å²) in [6, 6.07) is 4.71. The highest BCUT2D eigenvalue weighted by Gasteiger charge is 2.14. The lowest BCUT2D eigenvalue weighted by atomic mass is 10.3.